The van der Waals surface area contributed by atoms with E-state index in [1.807, 2.05) is 43.4 Å². The van der Waals surface area contributed by atoms with Gasteiger partial charge in [-0.2, -0.15) is 0 Å². The Morgan fingerprint density at radius 1 is 1.00 bits per heavy atom. The van der Waals surface area contributed by atoms with Crippen molar-refractivity contribution >= 4 is 26.7 Å². The first-order chi connectivity index (χ1) is 12.5. The molecule has 26 heavy (non-hydrogen) atoms. The summed E-state index contributed by atoms with van der Waals surface area (Å²) in [5.74, 6) is 1.77. The van der Waals surface area contributed by atoms with Crippen LogP contribution in [0.15, 0.2) is 53.0 Å². The topological polar surface area (TPSA) is 41.9 Å². The van der Waals surface area contributed by atoms with Crippen LogP contribution in [0.25, 0.3) is 10.8 Å². The molecule has 0 saturated heterocycles. The van der Waals surface area contributed by atoms with E-state index in [4.69, 9.17) is 9.47 Å². The largest absolute Gasteiger partial charge is 0.508 e. The molecule has 0 aliphatic rings. The molecule has 0 amide bonds. The Morgan fingerprint density at radius 3 is 2.54 bits per heavy atom. The predicted molar refractivity (Wildman–Crippen MR) is 108 cm³/mol. The van der Waals surface area contributed by atoms with E-state index in [1.54, 1.807) is 20.3 Å². The number of aromatic hydroxyl groups is 1. The van der Waals surface area contributed by atoms with Crippen LogP contribution < -0.4 is 9.47 Å². The monoisotopic (exact) mass is 415 g/mol. The number of fused-ring (bicyclic) bond motifs is 1. The van der Waals surface area contributed by atoms with Crippen molar-refractivity contribution in [2.24, 2.45) is 0 Å². The maximum absolute atomic E-state index is 10.4. The van der Waals surface area contributed by atoms with Crippen molar-refractivity contribution in [1.29, 1.82) is 0 Å². The SMILES string of the molecule is COc1cccc(CN(C)Cc2c(O)ccc3cc(Br)ccc23)c1OC. The van der Waals surface area contributed by atoms with Crippen LogP contribution in [0.2, 0.25) is 0 Å². The van der Waals surface area contributed by atoms with Crippen molar-refractivity contribution in [3.8, 4) is 17.2 Å². The first-order valence-electron chi connectivity index (χ1n) is 8.32. The molecule has 0 aromatic heterocycles. The fourth-order valence-electron chi connectivity index (χ4n) is 3.21. The zero-order chi connectivity index (χ0) is 18.7. The molecular formula is C21H22BrNO3. The fraction of sp³-hybridized carbons (Fsp3) is 0.238. The summed E-state index contributed by atoms with van der Waals surface area (Å²) in [5, 5.41) is 12.5. The van der Waals surface area contributed by atoms with Crippen molar-refractivity contribution in [3.05, 3.63) is 64.1 Å². The quantitative estimate of drug-likeness (QED) is 0.617. The van der Waals surface area contributed by atoms with E-state index in [0.717, 1.165) is 37.9 Å². The van der Waals surface area contributed by atoms with E-state index in [0.29, 0.717) is 18.8 Å². The standard InChI is InChI=1S/C21H22BrNO3/c1-23(12-15-5-4-6-20(25-2)21(15)26-3)13-18-17-9-8-16(22)11-14(17)7-10-19(18)24/h4-11,24H,12-13H2,1-3H3. The molecule has 0 radical (unpaired) electrons. The number of methoxy groups -OCH3 is 2. The van der Waals surface area contributed by atoms with Gasteiger partial charge in [-0.1, -0.05) is 40.2 Å². The normalized spacial score (nSPS) is 11.1. The number of halogens is 1. The van der Waals surface area contributed by atoms with Gasteiger partial charge in [0.2, 0.25) is 0 Å². The lowest BCUT2D eigenvalue weighted by molar-refractivity contribution is 0.300. The number of nitrogens with zero attached hydrogens (tertiary/aromatic N) is 1. The summed E-state index contributed by atoms with van der Waals surface area (Å²) in [7, 11) is 5.31. The molecule has 0 aliphatic heterocycles. The molecule has 1 N–H and O–H groups in total. The van der Waals surface area contributed by atoms with Crippen LogP contribution in [-0.2, 0) is 13.1 Å². The van der Waals surface area contributed by atoms with Crippen LogP contribution in [0.3, 0.4) is 0 Å². The van der Waals surface area contributed by atoms with Crippen LogP contribution in [0.1, 0.15) is 11.1 Å². The highest BCUT2D eigenvalue weighted by Crippen LogP contribution is 2.33. The summed E-state index contributed by atoms with van der Waals surface area (Å²) in [5.41, 5.74) is 1.95. The van der Waals surface area contributed by atoms with Crippen molar-refractivity contribution in [1.82, 2.24) is 4.90 Å². The summed E-state index contributed by atoms with van der Waals surface area (Å²) in [6.07, 6.45) is 0. The van der Waals surface area contributed by atoms with Gasteiger partial charge in [-0.25, -0.2) is 0 Å². The van der Waals surface area contributed by atoms with Crippen molar-refractivity contribution in [2.75, 3.05) is 21.3 Å². The molecule has 0 aliphatic carbocycles. The second kappa shape index (κ2) is 7.98. The molecule has 0 saturated carbocycles. The first-order valence-corrected chi connectivity index (χ1v) is 9.11. The van der Waals surface area contributed by atoms with E-state index in [9.17, 15) is 5.11 Å². The van der Waals surface area contributed by atoms with Crippen molar-refractivity contribution in [3.63, 3.8) is 0 Å². The maximum atomic E-state index is 10.4. The number of para-hydroxylation sites is 1. The van der Waals surface area contributed by atoms with E-state index >= 15 is 0 Å². The van der Waals surface area contributed by atoms with Crippen molar-refractivity contribution in [2.45, 2.75) is 13.1 Å². The number of phenolic OH excluding ortho intramolecular Hbond substituents is 1. The smallest absolute Gasteiger partial charge is 0.165 e. The van der Waals surface area contributed by atoms with Crippen LogP contribution >= 0.6 is 15.9 Å². The molecule has 3 aromatic rings. The minimum Gasteiger partial charge on any atom is -0.508 e. The first kappa shape index (κ1) is 18.5. The van der Waals surface area contributed by atoms with Gasteiger partial charge in [-0.15, -0.1) is 0 Å². The fourth-order valence-corrected chi connectivity index (χ4v) is 3.59. The lowest BCUT2D eigenvalue weighted by atomic mass is 10.0. The van der Waals surface area contributed by atoms with E-state index in [1.165, 1.54) is 0 Å². The molecule has 0 heterocycles. The molecule has 0 spiro atoms. The Bertz CT molecular complexity index is 927. The second-order valence-electron chi connectivity index (χ2n) is 6.25. The van der Waals surface area contributed by atoms with Crippen LogP contribution in [0, 0.1) is 0 Å². The zero-order valence-electron chi connectivity index (χ0n) is 15.1. The number of benzene rings is 3. The molecule has 5 heteroatoms. The highest BCUT2D eigenvalue weighted by Gasteiger charge is 2.14. The lowest BCUT2D eigenvalue weighted by Crippen LogP contribution is -2.18. The summed E-state index contributed by atoms with van der Waals surface area (Å²) in [6, 6.07) is 15.6. The third kappa shape index (κ3) is 3.79. The number of hydrogen-bond donors (Lipinski definition) is 1. The van der Waals surface area contributed by atoms with Gasteiger partial charge in [0.05, 0.1) is 14.2 Å². The molecule has 0 bridgehead atoms. The molecule has 3 aromatic carbocycles. The van der Waals surface area contributed by atoms with Gasteiger partial charge in [0.15, 0.2) is 11.5 Å². The number of hydrogen-bond acceptors (Lipinski definition) is 4. The van der Waals surface area contributed by atoms with Gasteiger partial charge in [-0.05, 0) is 42.1 Å². The minimum absolute atomic E-state index is 0.310. The molecule has 0 unspecified atom stereocenters. The number of ether oxygens (including phenoxy) is 2. The molecular weight excluding hydrogens is 394 g/mol. The van der Waals surface area contributed by atoms with E-state index in [2.05, 4.69) is 26.9 Å². The summed E-state index contributed by atoms with van der Waals surface area (Å²) in [6.45, 7) is 1.29. The van der Waals surface area contributed by atoms with E-state index < -0.39 is 0 Å². The van der Waals surface area contributed by atoms with Gasteiger partial charge in [0.25, 0.3) is 0 Å². The third-order valence-electron chi connectivity index (χ3n) is 4.42. The molecule has 136 valence electrons. The Hall–Kier alpha value is -2.24. The Kier molecular flexibility index (Phi) is 5.69. The van der Waals surface area contributed by atoms with Crippen LogP contribution in [0.5, 0.6) is 17.2 Å². The van der Waals surface area contributed by atoms with Gasteiger partial charge < -0.3 is 14.6 Å². The molecule has 0 fully saturated rings. The lowest BCUT2D eigenvalue weighted by Gasteiger charge is -2.21. The Labute approximate surface area is 162 Å². The Balaban J connectivity index is 1.88. The average molecular weight is 416 g/mol. The second-order valence-corrected chi connectivity index (χ2v) is 7.17. The predicted octanol–water partition coefficient (Wildman–Crippen LogP) is 4.96. The average Bonchev–Trinajstić information content (AvgIpc) is 2.63. The maximum Gasteiger partial charge on any atom is 0.165 e. The molecule has 3 rings (SSSR count). The zero-order valence-corrected chi connectivity index (χ0v) is 16.7. The summed E-state index contributed by atoms with van der Waals surface area (Å²) in [4.78, 5) is 2.15. The summed E-state index contributed by atoms with van der Waals surface area (Å²) < 4.78 is 11.9. The highest BCUT2D eigenvalue weighted by atomic mass is 79.9. The van der Waals surface area contributed by atoms with Gasteiger partial charge >= 0.3 is 0 Å². The Morgan fingerprint density at radius 2 is 1.81 bits per heavy atom. The van der Waals surface area contributed by atoms with Crippen molar-refractivity contribution < 1.29 is 14.6 Å². The summed E-state index contributed by atoms with van der Waals surface area (Å²) >= 11 is 3.50. The third-order valence-corrected chi connectivity index (χ3v) is 4.91. The molecule has 0 atom stereocenters. The van der Waals surface area contributed by atoms with E-state index in [-0.39, 0.29) is 0 Å². The number of rotatable bonds is 6. The highest BCUT2D eigenvalue weighted by molar-refractivity contribution is 9.10. The van der Waals surface area contributed by atoms with Gasteiger partial charge in [0.1, 0.15) is 5.75 Å². The molecule has 4 nitrogen and oxygen atoms in total. The van der Waals surface area contributed by atoms with Gasteiger partial charge in [0, 0.05) is 28.7 Å². The van der Waals surface area contributed by atoms with Crippen LogP contribution in [-0.4, -0.2) is 31.3 Å². The number of phenols is 1. The van der Waals surface area contributed by atoms with Gasteiger partial charge in [-0.3, -0.25) is 4.90 Å². The minimum atomic E-state index is 0.310. The van der Waals surface area contributed by atoms with Crippen LogP contribution in [0.4, 0.5) is 0 Å².